The topological polar surface area (TPSA) is 101 Å². The van der Waals surface area contributed by atoms with Crippen LogP contribution in [-0.2, 0) is 16.6 Å². The molecule has 0 fully saturated rings. The first kappa shape index (κ1) is 16.1. The molecule has 114 valence electrons. The highest BCUT2D eigenvalue weighted by atomic mass is 79.9. The lowest BCUT2D eigenvalue weighted by atomic mass is 10.4. The van der Waals surface area contributed by atoms with Gasteiger partial charge in [-0.1, -0.05) is 0 Å². The van der Waals surface area contributed by atoms with E-state index < -0.39 is 16.0 Å². The van der Waals surface area contributed by atoms with Gasteiger partial charge >= 0.3 is 5.97 Å². The summed E-state index contributed by atoms with van der Waals surface area (Å²) in [4.78, 5) is 10.8. The van der Waals surface area contributed by atoms with Gasteiger partial charge < -0.3 is 5.11 Å². The van der Waals surface area contributed by atoms with Crippen LogP contribution in [0.1, 0.15) is 16.1 Å². The van der Waals surface area contributed by atoms with Gasteiger partial charge in [-0.3, -0.25) is 4.68 Å². The van der Waals surface area contributed by atoms with Crippen LogP contribution in [0.4, 0.5) is 0 Å². The predicted molar refractivity (Wildman–Crippen MR) is 81.0 cm³/mol. The quantitative estimate of drug-likeness (QED) is 0.697. The number of carbonyl (C=O) groups is 1. The number of aryl methyl sites for hydroxylation is 1. The van der Waals surface area contributed by atoms with Crippen LogP contribution in [0.25, 0.3) is 0 Å². The van der Waals surface area contributed by atoms with E-state index in [2.05, 4.69) is 25.8 Å². The summed E-state index contributed by atoms with van der Waals surface area (Å²) in [5.74, 6) is -1.15. The molecule has 2 aromatic rings. The highest BCUT2D eigenvalue weighted by Crippen LogP contribution is 2.31. The molecule has 0 unspecified atom stereocenters. The van der Waals surface area contributed by atoms with E-state index >= 15 is 0 Å². The second-order valence-electron chi connectivity index (χ2n) is 4.07. The standard InChI is InChI=1S/C11H12BrN3O4S2/c12-10-9(7-8(20-10)11(16)17)21(18,19)14-4-2-6-15-5-1-3-13-15/h1,3,5,7,14H,2,4,6H2,(H,16,17). The zero-order chi connectivity index (χ0) is 15.5. The van der Waals surface area contributed by atoms with Crippen molar-refractivity contribution in [1.82, 2.24) is 14.5 Å². The normalized spacial score (nSPS) is 11.7. The third kappa shape index (κ3) is 4.13. The van der Waals surface area contributed by atoms with Crippen molar-refractivity contribution in [3.63, 3.8) is 0 Å². The van der Waals surface area contributed by atoms with E-state index in [1.54, 1.807) is 23.1 Å². The van der Waals surface area contributed by atoms with Crippen molar-refractivity contribution in [1.29, 1.82) is 0 Å². The van der Waals surface area contributed by atoms with Gasteiger partial charge in [0.2, 0.25) is 10.0 Å². The zero-order valence-corrected chi connectivity index (χ0v) is 13.9. The Labute approximate surface area is 133 Å². The molecular formula is C11H12BrN3O4S2. The molecule has 0 aromatic carbocycles. The number of halogens is 1. The Balaban J connectivity index is 1.96. The number of nitrogens with zero attached hydrogens (tertiary/aromatic N) is 2. The van der Waals surface area contributed by atoms with Gasteiger partial charge in [0.25, 0.3) is 0 Å². The summed E-state index contributed by atoms with van der Waals surface area (Å²) in [7, 11) is -3.72. The number of nitrogens with one attached hydrogen (secondary N) is 1. The van der Waals surface area contributed by atoms with Gasteiger partial charge in [-0.25, -0.2) is 17.9 Å². The van der Waals surface area contributed by atoms with Crippen LogP contribution in [0.2, 0.25) is 0 Å². The van der Waals surface area contributed by atoms with Gasteiger partial charge in [0.05, 0.1) is 3.79 Å². The van der Waals surface area contributed by atoms with E-state index in [1.807, 2.05) is 0 Å². The molecule has 0 atom stereocenters. The highest BCUT2D eigenvalue weighted by Gasteiger charge is 2.22. The fourth-order valence-electron chi connectivity index (χ4n) is 1.60. The first-order valence-electron chi connectivity index (χ1n) is 5.90. The van der Waals surface area contributed by atoms with Gasteiger partial charge in [-0.15, -0.1) is 11.3 Å². The Morgan fingerprint density at radius 2 is 2.29 bits per heavy atom. The van der Waals surface area contributed by atoms with E-state index in [9.17, 15) is 13.2 Å². The van der Waals surface area contributed by atoms with E-state index in [0.717, 1.165) is 17.4 Å². The molecule has 0 saturated carbocycles. The molecule has 2 heterocycles. The van der Waals surface area contributed by atoms with Crippen LogP contribution in [0.15, 0.2) is 33.2 Å². The van der Waals surface area contributed by atoms with Crippen LogP contribution < -0.4 is 4.72 Å². The SMILES string of the molecule is O=C(O)c1cc(S(=O)(=O)NCCCn2cccn2)c(Br)s1. The number of thiophene rings is 1. The number of aromatic nitrogens is 2. The van der Waals surface area contributed by atoms with Gasteiger partial charge in [-0.05, 0) is 34.5 Å². The summed E-state index contributed by atoms with van der Waals surface area (Å²) in [6.07, 6.45) is 4.03. The van der Waals surface area contributed by atoms with E-state index in [-0.39, 0.29) is 20.1 Å². The second-order valence-corrected chi connectivity index (χ2v) is 8.18. The fraction of sp³-hybridized carbons (Fsp3) is 0.273. The lowest BCUT2D eigenvalue weighted by Gasteiger charge is -2.05. The second kappa shape index (κ2) is 6.69. The van der Waals surface area contributed by atoms with Crippen molar-refractivity contribution in [3.05, 3.63) is 33.2 Å². The van der Waals surface area contributed by atoms with Crippen LogP contribution in [0.5, 0.6) is 0 Å². The smallest absolute Gasteiger partial charge is 0.345 e. The van der Waals surface area contributed by atoms with Crippen LogP contribution in [0.3, 0.4) is 0 Å². The molecule has 0 radical (unpaired) electrons. The molecule has 2 N–H and O–H groups in total. The van der Waals surface area contributed by atoms with Crippen molar-refractivity contribution in [2.75, 3.05) is 6.54 Å². The first-order valence-corrected chi connectivity index (χ1v) is 8.99. The number of hydrogen-bond donors (Lipinski definition) is 2. The first-order chi connectivity index (χ1) is 9.90. The molecule has 7 nitrogen and oxygen atoms in total. The fourth-order valence-corrected chi connectivity index (χ4v) is 5.07. The zero-order valence-electron chi connectivity index (χ0n) is 10.7. The van der Waals surface area contributed by atoms with E-state index in [0.29, 0.717) is 13.0 Å². The molecule has 0 aliphatic heterocycles. The maximum atomic E-state index is 12.1. The van der Waals surface area contributed by atoms with Gasteiger partial charge in [0, 0.05) is 25.5 Å². The average molecular weight is 394 g/mol. The third-order valence-corrected chi connectivity index (χ3v) is 6.27. The molecule has 0 aliphatic rings. The Bertz CT molecular complexity index is 725. The van der Waals surface area contributed by atoms with Gasteiger partial charge in [0.15, 0.2) is 0 Å². The molecule has 2 rings (SSSR count). The Morgan fingerprint density at radius 1 is 1.52 bits per heavy atom. The summed E-state index contributed by atoms with van der Waals surface area (Å²) in [6.45, 7) is 0.841. The Kier molecular flexibility index (Phi) is 5.14. The number of carboxylic acids is 1. The van der Waals surface area contributed by atoms with Crippen molar-refractivity contribution < 1.29 is 18.3 Å². The largest absolute Gasteiger partial charge is 0.477 e. The monoisotopic (exact) mass is 393 g/mol. The molecule has 0 saturated heterocycles. The lowest BCUT2D eigenvalue weighted by Crippen LogP contribution is -2.25. The van der Waals surface area contributed by atoms with Crippen molar-refractivity contribution in [2.45, 2.75) is 17.9 Å². The molecule has 10 heteroatoms. The molecule has 0 spiro atoms. The van der Waals surface area contributed by atoms with Gasteiger partial charge in [0.1, 0.15) is 9.77 Å². The average Bonchev–Trinajstić information content (AvgIpc) is 3.04. The molecular weight excluding hydrogens is 382 g/mol. The number of carboxylic acid groups (broad SMARTS) is 1. The molecule has 0 amide bonds. The maximum absolute atomic E-state index is 12.1. The minimum absolute atomic E-state index is 0.0289. The van der Waals surface area contributed by atoms with Crippen molar-refractivity contribution in [2.24, 2.45) is 0 Å². The lowest BCUT2D eigenvalue weighted by molar-refractivity contribution is 0.0702. The third-order valence-electron chi connectivity index (χ3n) is 2.57. The van der Waals surface area contributed by atoms with E-state index in [4.69, 9.17) is 5.11 Å². The van der Waals surface area contributed by atoms with Crippen molar-refractivity contribution >= 4 is 43.3 Å². The minimum atomic E-state index is -3.72. The highest BCUT2D eigenvalue weighted by molar-refractivity contribution is 9.11. The molecule has 2 aromatic heterocycles. The molecule has 0 aliphatic carbocycles. The molecule has 21 heavy (non-hydrogen) atoms. The predicted octanol–water partition coefficient (Wildman–Crippen LogP) is 1.77. The Morgan fingerprint density at radius 3 is 2.86 bits per heavy atom. The van der Waals surface area contributed by atoms with Crippen LogP contribution in [0, 0.1) is 0 Å². The number of rotatable bonds is 7. The summed E-state index contributed by atoms with van der Waals surface area (Å²) in [5.41, 5.74) is 0. The summed E-state index contributed by atoms with van der Waals surface area (Å²) in [6, 6.07) is 2.94. The maximum Gasteiger partial charge on any atom is 0.345 e. The number of aromatic carboxylic acids is 1. The summed E-state index contributed by atoms with van der Waals surface area (Å²) >= 11 is 3.95. The van der Waals surface area contributed by atoms with Crippen LogP contribution >= 0.6 is 27.3 Å². The van der Waals surface area contributed by atoms with E-state index in [1.165, 1.54) is 0 Å². The van der Waals surface area contributed by atoms with Gasteiger partial charge in [-0.2, -0.15) is 5.10 Å². The summed E-state index contributed by atoms with van der Waals surface area (Å²) in [5, 5.41) is 12.9. The minimum Gasteiger partial charge on any atom is -0.477 e. The van der Waals surface area contributed by atoms with Crippen molar-refractivity contribution in [3.8, 4) is 0 Å². The number of sulfonamides is 1. The number of hydrogen-bond acceptors (Lipinski definition) is 5. The summed E-state index contributed by atoms with van der Waals surface area (Å²) < 4.78 is 28.6. The van der Waals surface area contributed by atoms with Crippen LogP contribution in [-0.4, -0.2) is 35.8 Å². The molecule has 0 bridgehead atoms. The Hall–Kier alpha value is -1.23.